The Hall–Kier alpha value is -1.22. The molecule has 0 radical (unpaired) electrons. The molecule has 0 bridgehead atoms. The first kappa shape index (κ1) is 11.3. The van der Waals surface area contributed by atoms with E-state index >= 15 is 0 Å². The predicted octanol–water partition coefficient (Wildman–Crippen LogP) is 2.12. The van der Waals surface area contributed by atoms with Crippen LogP contribution in [0.4, 0.5) is 0 Å². The maximum Gasteiger partial charge on any atom is 0.161 e. The smallest absolute Gasteiger partial charge is 0.161 e. The maximum absolute atomic E-state index is 9.81. The van der Waals surface area contributed by atoms with Crippen LogP contribution in [-0.4, -0.2) is 25.4 Å². The molecule has 0 unspecified atom stereocenters. The zero-order valence-corrected chi connectivity index (χ0v) is 9.99. The molecule has 1 aliphatic carbocycles. The van der Waals surface area contributed by atoms with Crippen LogP contribution in [0.3, 0.4) is 0 Å². The average Bonchev–Trinajstić information content (AvgIpc) is 3.09. The number of rotatable bonds is 4. The predicted molar refractivity (Wildman–Crippen MR) is 62.1 cm³/mol. The third kappa shape index (κ3) is 1.65. The minimum absolute atomic E-state index is 0.0560. The number of hydrogen-bond acceptors (Lipinski definition) is 3. The van der Waals surface area contributed by atoms with Crippen molar-refractivity contribution in [3.05, 3.63) is 23.8 Å². The van der Waals surface area contributed by atoms with E-state index in [2.05, 4.69) is 0 Å². The molecular weight excluding hydrogens is 204 g/mol. The minimum atomic E-state index is -0.314. The van der Waals surface area contributed by atoms with Gasteiger partial charge in [-0.3, -0.25) is 0 Å². The summed E-state index contributed by atoms with van der Waals surface area (Å²) in [6, 6.07) is 5.89. The number of methoxy groups -OCH3 is 2. The number of hydrogen-bond donors (Lipinski definition) is 1. The first-order chi connectivity index (χ1) is 7.64. The summed E-state index contributed by atoms with van der Waals surface area (Å²) >= 11 is 0. The van der Waals surface area contributed by atoms with E-state index in [0.29, 0.717) is 0 Å². The Kier molecular flexibility index (Phi) is 2.80. The number of ether oxygens (including phenoxy) is 2. The molecule has 1 atom stereocenters. The Morgan fingerprint density at radius 3 is 2.25 bits per heavy atom. The molecule has 1 saturated carbocycles. The Bertz CT molecular complexity index is 381. The fourth-order valence-corrected chi connectivity index (χ4v) is 2.23. The van der Waals surface area contributed by atoms with Crippen molar-refractivity contribution in [2.75, 3.05) is 14.2 Å². The van der Waals surface area contributed by atoms with Gasteiger partial charge in [0.15, 0.2) is 11.5 Å². The lowest BCUT2D eigenvalue weighted by Crippen LogP contribution is -2.22. The van der Waals surface area contributed by atoms with E-state index in [1.807, 2.05) is 25.1 Å². The van der Waals surface area contributed by atoms with Crippen molar-refractivity contribution < 1.29 is 14.6 Å². The monoisotopic (exact) mass is 222 g/mol. The van der Waals surface area contributed by atoms with E-state index < -0.39 is 0 Å². The van der Waals surface area contributed by atoms with Gasteiger partial charge in [-0.2, -0.15) is 0 Å². The molecule has 2 rings (SSSR count). The highest BCUT2D eigenvalue weighted by Gasteiger charge is 2.48. The largest absolute Gasteiger partial charge is 0.493 e. The molecular formula is C13H18O3. The standard InChI is InChI=1S/C13H18O3/c1-9(14)13(6-7-13)10-4-5-11(15-2)12(8-10)16-3/h4-5,8-9,14H,6-7H2,1-3H3/t9-/m1/s1. The fourth-order valence-electron chi connectivity index (χ4n) is 2.23. The van der Waals surface area contributed by atoms with Crippen LogP contribution in [0, 0.1) is 0 Å². The minimum Gasteiger partial charge on any atom is -0.493 e. The molecule has 1 fully saturated rings. The summed E-state index contributed by atoms with van der Waals surface area (Å²) in [7, 11) is 3.25. The summed E-state index contributed by atoms with van der Waals surface area (Å²) in [5.41, 5.74) is 1.08. The van der Waals surface area contributed by atoms with Gasteiger partial charge in [0.2, 0.25) is 0 Å². The van der Waals surface area contributed by atoms with Crippen LogP contribution < -0.4 is 9.47 Å². The first-order valence-electron chi connectivity index (χ1n) is 5.54. The van der Waals surface area contributed by atoms with Crippen molar-refractivity contribution in [3.63, 3.8) is 0 Å². The Morgan fingerprint density at radius 1 is 1.19 bits per heavy atom. The van der Waals surface area contributed by atoms with Crippen molar-refractivity contribution in [1.82, 2.24) is 0 Å². The second-order valence-corrected chi connectivity index (χ2v) is 4.40. The molecule has 3 heteroatoms. The fraction of sp³-hybridized carbons (Fsp3) is 0.538. The summed E-state index contributed by atoms with van der Waals surface area (Å²) in [5, 5.41) is 9.81. The molecule has 1 aromatic rings. The van der Waals surface area contributed by atoms with Crippen LogP contribution in [0.2, 0.25) is 0 Å². The van der Waals surface area contributed by atoms with Gasteiger partial charge in [0.05, 0.1) is 20.3 Å². The number of benzene rings is 1. The van der Waals surface area contributed by atoms with Gasteiger partial charge in [0, 0.05) is 5.41 Å². The molecule has 1 N–H and O–H groups in total. The van der Waals surface area contributed by atoms with Crippen LogP contribution >= 0.6 is 0 Å². The molecule has 0 aromatic heterocycles. The van der Waals surface area contributed by atoms with E-state index in [1.54, 1.807) is 14.2 Å². The summed E-state index contributed by atoms with van der Waals surface area (Å²) in [6.45, 7) is 1.85. The average molecular weight is 222 g/mol. The normalized spacial score (nSPS) is 19.0. The van der Waals surface area contributed by atoms with Crippen LogP contribution in [-0.2, 0) is 5.41 Å². The van der Waals surface area contributed by atoms with Crippen molar-refractivity contribution in [1.29, 1.82) is 0 Å². The molecule has 88 valence electrons. The van der Waals surface area contributed by atoms with Gasteiger partial charge in [-0.1, -0.05) is 6.07 Å². The van der Waals surface area contributed by atoms with Crippen molar-refractivity contribution in [2.45, 2.75) is 31.3 Å². The van der Waals surface area contributed by atoms with Gasteiger partial charge in [-0.05, 0) is 37.5 Å². The molecule has 3 nitrogen and oxygen atoms in total. The lowest BCUT2D eigenvalue weighted by atomic mass is 9.90. The van der Waals surface area contributed by atoms with E-state index in [0.717, 1.165) is 29.9 Å². The van der Waals surface area contributed by atoms with E-state index in [1.165, 1.54) is 0 Å². The highest BCUT2D eigenvalue weighted by Crippen LogP contribution is 2.52. The quantitative estimate of drug-likeness (QED) is 0.848. The highest BCUT2D eigenvalue weighted by atomic mass is 16.5. The van der Waals surface area contributed by atoms with Gasteiger partial charge < -0.3 is 14.6 Å². The second kappa shape index (κ2) is 3.98. The topological polar surface area (TPSA) is 38.7 Å². The van der Waals surface area contributed by atoms with Crippen molar-refractivity contribution in [2.24, 2.45) is 0 Å². The molecule has 1 aromatic carbocycles. The highest BCUT2D eigenvalue weighted by molar-refractivity contribution is 5.47. The third-order valence-electron chi connectivity index (χ3n) is 3.55. The molecule has 0 saturated heterocycles. The Labute approximate surface area is 96.0 Å². The third-order valence-corrected chi connectivity index (χ3v) is 3.55. The Morgan fingerprint density at radius 2 is 1.81 bits per heavy atom. The zero-order valence-electron chi connectivity index (χ0n) is 9.99. The van der Waals surface area contributed by atoms with Crippen molar-refractivity contribution in [3.8, 4) is 11.5 Å². The van der Waals surface area contributed by atoms with Gasteiger partial charge in [-0.25, -0.2) is 0 Å². The zero-order chi connectivity index (χ0) is 11.8. The van der Waals surface area contributed by atoms with Crippen LogP contribution in [0.1, 0.15) is 25.3 Å². The van der Waals surface area contributed by atoms with Gasteiger partial charge in [0.25, 0.3) is 0 Å². The van der Waals surface area contributed by atoms with Crippen molar-refractivity contribution >= 4 is 0 Å². The summed E-state index contributed by atoms with van der Waals surface area (Å²) in [6.07, 6.45) is 1.77. The molecule has 16 heavy (non-hydrogen) atoms. The molecule has 0 heterocycles. The van der Waals surface area contributed by atoms with E-state index in [4.69, 9.17) is 9.47 Å². The van der Waals surface area contributed by atoms with Gasteiger partial charge in [-0.15, -0.1) is 0 Å². The molecule has 0 spiro atoms. The SMILES string of the molecule is COc1ccc(C2([C@@H](C)O)CC2)cc1OC. The summed E-state index contributed by atoms with van der Waals surface area (Å²) in [4.78, 5) is 0. The van der Waals surface area contributed by atoms with Gasteiger partial charge in [0.1, 0.15) is 0 Å². The summed E-state index contributed by atoms with van der Waals surface area (Å²) in [5.74, 6) is 1.46. The lowest BCUT2D eigenvalue weighted by molar-refractivity contribution is 0.150. The van der Waals surface area contributed by atoms with E-state index in [-0.39, 0.29) is 11.5 Å². The lowest BCUT2D eigenvalue weighted by Gasteiger charge is -2.20. The van der Waals surface area contributed by atoms with E-state index in [9.17, 15) is 5.11 Å². The second-order valence-electron chi connectivity index (χ2n) is 4.40. The Balaban J connectivity index is 2.37. The number of aliphatic hydroxyl groups excluding tert-OH is 1. The van der Waals surface area contributed by atoms with Crippen LogP contribution in [0.5, 0.6) is 11.5 Å². The first-order valence-corrected chi connectivity index (χ1v) is 5.54. The maximum atomic E-state index is 9.81. The van der Waals surface area contributed by atoms with Gasteiger partial charge >= 0.3 is 0 Å². The molecule has 1 aliphatic rings. The molecule has 0 amide bonds. The van der Waals surface area contributed by atoms with Crippen LogP contribution in [0.15, 0.2) is 18.2 Å². The van der Waals surface area contributed by atoms with Crippen LogP contribution in [0.25, 0.3) is 0 Å². The molecule has 0 aliphatic heterocycles. The number of aliphatic hydroxyl groups is 1. The summed E-state index contributed by atoms with van der Waals surface area (Å²) < 4.78 is 10.5.